The lowest BCUT2D eigenvalue weighted by atomic mass is 10.0. The van der Waals surface area contributed by atoms with Gasteiger partial charge in [-0.15, -0.1) is 0 Å². The minimum atomic E-state index is -0.935. The molecule has 0 N–H and O–H groups in total. The lowest BCUT2D eigenvalue weighted by Crippen LogP contribution is -2.43. The number of hydrogen-bond acceptors (Lipinski definition) is 5. The molecule has 0 unspecified atom stereocenters. The summed E-state index contributed by atoms with van der Waals surface area (Å²) in [5.74, 6) is -1.56. The lowest BCUT2D eigenvalue weighted by Gasteiger charge is -2.30. The Bertz CT molecular complexity index is 338. The van der Waals surface area contributed by atoms with Gasteiger partial charge in [-0.25, -0.2) is 0 Å². The molecule has 0 saturated carbocycles. The van der Waals surface area contributed by atoms with E-state index in [4.69, 9.17) is 23.7 Å². The van der Waals surface area contributed by atoms with E-state index in [9.17, 15) is 0 Å². The van der Waals surface area contributed by atoms with E-state index >= 15 is 0 Å². The van der Waals surface area contributed by atoms with E-state index in [1.54, 1.807) is 13.2 Å². The molecule has 17 heavy (non-hydrogen) atoms. The van der Waals surface area contributed by atoms with Crippen LogP contribution in [0.5, 0.6) is 0 Å². The SMILES string of the molecule is C=C[C@]1(OC)O[C@H]([C@@H]2CO2)[C@@H]2OC(C)(C)O[C@@H]21. The molecule has 5 atom stereocenters. The highest BCUT2D eigenvalue weighted by molar-refractivity contribution is 5.12. The number of methoxy groups -OCH3 is 1. The van der Waals surface area contributed by atoms with Gasteiger partial charge < -0.3 is 23.7 Å². The first kappa shape index (κ1) is 11.6. The topological polar surface area (TPSA) is 49.5 Å². The summed E-state index contributed by atoms with van der Waals surface area (Å²) in [5.41, 5.74) is 0. The van der Waals surface area contributed by atoms with Gasteiger partial charge in [0.05, 0.1) is 6.61 Å². The highest BCUT2D eigenvalue weighted by Gasteiger charge is 2.65. The van der Waals surface area contributed by atoms with Gasteiger partial charge >= 0.3 is 0 Å². The predicted molar refractivity (Wildman–Crippen MR) is 58.4 cm³/mol. The van der Waals surface area contributed by atoms with E-state index in [2.05, 4.69) is 6.58 Å². The molecule has 5 nitrogen and oxygen atoms in total. The van der Waals surface area contributed by atoms with Gasteiger partial charge in [0.2, 0.25) is 5.79 Å². The van der Waals surface area contributed by atoms with Crippen molar-refractivity contribution in [1.29, 1.82) is 0 Å². The van der Waals surface area contributed by atoms with Crippen LogP contribution in [-0.4, -0.2) is 49.7 Å². The third-order valence-corrected chi connectivity index (χ3v) is 3.50. The van der Waals surface area contributed by atoms with Crippen LogP contribution >= 0.6 is 0 Å². The quantitative estimate of drug-likeness (QED) is 0.542. The Kier molecular flexibility index (Phi) is 2.41. The molecule has 3 aliphatic rings. The standard InChI is InChI=1S/C12H18O5/c1-5-12(13-4)10-9(15-11(2,3)17-10)8(16-12)7-6-14-7/h5,7-10H,1,6H2,2-4H3/t7-,8+,9-,10-,12-/m0/s1. The van der Waals surface area contributed by atoms with Crippen molar-refractivity contribution in [3.8, 4) is 0 Å². The first-order valence-electron chi connectivity index (χ1n) is 5.85. The largest absolute Gasteiger partial charge is 0.370 e. The highest BCUT2D eigenvalue weighted by Crippen LogP contribution is 2.47. The molecular formula is C12H18O5. The summed E-state index contributed by atoms with van der Waals surface area (Å²) in [4.78, 5) is 0. The smallest absolute Gasteiger partial charge is 0.217 e. The molecule has 0 aromatic heterocycles. The van der Waals surface area contributed by atoms with Crippen LogP contribution < -0.4 is 0 Å². The van der Waals surface area contributed by atoms with Crippen molar-refractivity contribution >= 4 is 0 Å². The summed E-state index contributed by atoms with van der Waals surface area (Å²) < 4.78 is 28.4. The zero-order valence-corrected chi connectivity index (χ0v) is 10.3. The zero-order chi connectivity index (χ0) is 12.3. The van der Waals surface area contributed by atoms with Gasteiger partial charge in [-0.3, -0.25) is 0 Å². The van der Waals surface area contributed by atoms with Gasteiger partial charge in [0.25, 0.3) is 0 Å². The molecule has 0 aromatic carbocycles. The minimum absolute atomic E-state index is 0.0805. The molecular weight excluding hydrogens is 224 g/mol. The van der Waals surface area contributed by atoms with Crippen molar-refractivity contribution in [3.05, 3.63) is 12.7 Å². The second-order valence-electron chi connectivity index (χ2n) is 5.10. The number of ether oxygens (including phenoxy) is 5. The number of rotatable bonds is 3. The average Bonchev–Trinajstić information content (AvgIpc) is 3.01. The van der Waals surface area contributed by atoms with Crippen LogP contribution in [0, 0.1) is 0 Å². The van der Waals surface area contributed by atoms with Crippen LogP contribution in [0.1, 0.15) is 13.8 Å². The second kappa shape index (κ2) is 3.52. The first-order valence-corrected chi connectivity index (χ1v) is 5.85. The van der Waals surface area contributed by atoms with Gasteiger partial charge in [-0.2, -0.15) is 0 Å². The normalized spacial score (nSPS) is 51.2. The third-order valence-electron chi connectivity index (χ3n) is 3.50. The molecule has 0 amide bonds. The van der Waals surface area contributed by atoms with E-state index < -0.39 is 11.6 Å². The summed E-state index contributed by atoms with van der Waals surface area (Å²) in [6, 6.07) is 0. The Morgan fingerprint density at radius 1 is 1.24 bits per heavy atom. The number of epoxide rings is 1. The van der Waals surface area contributed by atoms with E-state index in [0.717, 1.165) is 0 Å². The molecule has 0 aliphatic carbocycles. The molecule has 3 heterocycles. The van der Waals surface area contributed by atoms with Crippen molar-refractivity contribution in [3.63, 3.8) is 0 Å². The minimum Gasteiger partial charge on any atom is -0.370 e. The molecule has 0 spiro atoms. The van der Waals surface area contributed by atoms with Gasteiger partial charge in [-0.05, 0) is 19.9 Å². The maximum Gasteiger partial charge on any atom is 0.217 e. The molecule has 3 saturated heterocycles. The van der Waals surface area contributed by atoms with Crippen molar-refractivity contribution in [2.45, 2.75) is 49.8 Å². The molecule has 0 radical (unpaired) electrons. The summed E-state index contributed by atoms with van der Waals surface area (Å²) in [7, 11) is 1.59. The molecule has 5 heteroatoms. The Hall–Kier alpha value is -0.460. The molecule has 0 bridgehead atoms. The van der Waals surface area contributed by atoms with Crippen molar-refractivity contribution in [2.75, 3.05) is 13.7 Å². The fourth-order valence-electron chi connectivity index (χ4n) is 2.63. The summed E-state index contributed by atoms with van der Waals surface area (Å²) in [6.45, 7) is 8.26. The first-order chi connectivity index (χ1) is 8.01. The molecule has 96 valence electrons. The predicted octanol–water partition coefficient (Wildman–Crippen LogP) is 0.833. The van der Waals surface area contributed by atoms with Crippen LogP contribution in [0.15, 0.2) is 12.7 Å². The highest BCUT2D eigenvalue weighted by atomic mass is 16.8. The van der Waals surface area contributed by atoms with Crippen molar-refractivity contribution in [1.82, 2.24) is 0 Å². The van der Waals surface area contributed by atoms with Crippen molar-refractivity contribution < 1.29 is 23.7 Å². The van der Waals surface area contributed by atoms with Gasteiger partial charge in [-0.1, -0.05) is 6.58 Å². The Morgan fingerprint density at radius 3 is 2.47 bits per heavy atom. The van der Waals surface area contributed by atoms with Crippen LogP contribution in [-0.2, 0) is 23.7 Å². The van der Waals surface area contributed by atoms with Gasteiger partial charge in [0, 0.05) is 7.11 Å². The summed E-state index contributed by atoms with van der Waals surface area (Å²) in [5, 5.41) is 0. The fraction of sp³-hybridized carbons (Fsp3) is 0.833. The van der Waals surface area contributed by atoms with E-state index in [-0.39, 0.29) is 24.4 Å². The molecule has 0 aromatic rings. The van der Waals surface area contributed by atoms with Gasteiger partial charge in [0.1, 0.15) is 24.4 Å². The summed E-state index contributed by atoms with van der Waals surface area (Å²) >= 11 is 0. The van der Waals surface area contributed by atoms with E-state index in [1.807, 2.05) is 13.8 Å². The lowest BCUT2D eigenvalue weighted by molar-refractivity contribution is -0.263. The van der Waals surface area contributed by atoms with Crippen LogP contribution in [0.3, 0.4) is 0 Å². The van der Waals surface area contributed by atoms with Crippen LogP contribution in [0.25, 0.3) is 0 Å². The van der Waals surface area contributed by atoms with E-state index in [0.29, 0.717) is 6.61 Å². The molecule has 3 aliphatic heterocycles. The van der Waals surface area contributed by atoms with Crippen molar-refractivity contribution in [2.24, 2.45) is 0 Å². The Balaban J connectivity index is 1.91. The monoisotopic (exact) mass is 242 g/mol. The Labute approximate surface area is 101 Å². The maximum atomic E-state index is 5.92. The number of hydrogen-bond donors (Lipinski definition) is 0. The fourth-order valence-corrected chi connectivity index (χ4v) is 2.63. The Morgan fingerprint density at radius 2 is 1.94 bits per heavy atom. The average molecular weight is 242 g/mol. The molecule has 3 rings (SSSR count). The second-order valence-corrected chi connectivity index (χ2v) is 5.10. The van der Waals surface area contributed by atoms with E-state index in [1.165, 1.54) is 0 Å². The van der Waals surface area contributed by atoms with Gasteiger partial charge in [0.15, 0.2) is 5.79 Å². The maximum absolute atomic E-state index is 5.92. The van der Waals surface area contributed by atoms with Crippen LogP contribution in [0.2, 0.25) is 0 Å². The van der Waals surface area contributed by atoms with Crippen LogP contribution in [0.4, 0.5) is 0 Å². The number of fused-ring (bicyclic) bond motifs is 1. The molecule has 3 fully saturated rings. The summed E-state index contributed by atoms with van der Waals surface area (Å²) in [6.07, 6.45) is 1.10. The third kappa shape index (κ3) is 1.65. The zero-order valence-electron chi connectivity index (χ0n) is 10.3.